The zero-order valence-electron chi connectivity index (χ0n) is 18.7. The fourth-order valence-electron chi connectivity index (χ4n) is 5.00. The van der Waals surface area contributed by atoms with E-state index in [2.05, 4.69) is 20.8 Å². The zero-order valence-corrected chi connectivity index (χ0v) is 19.6. The molecule has 5 rings (SSSR count). The Balaban J connectivity index is 1.68. The Bertz CT molecular complexity index is 1090. The standard InChI is InChI=1S/C27H29FN3OP/c1-22-16-18-29(19-17-22)27(23-12-14-24(28)15-13-23)33(32)30(25-8-4-2-5-9-25)20-21-31(33)26-10-6-3-7-11-26/h2-15,27H,1,16-21H2. The van der Waals surface area contributed by atoms with E-state index in [-0.39, 0.29) is 11.6 Å². The van der Waals surface area contributed by atoms with Gasteiger partial charge < -0.3 is 9.34 Å². The van der Waals surface area contributed by atoms with Gasteiger partial charge in [-0.15, -0.1) is 0 Å². The highest BCUT2D eigenvalue weighted by molar-refractivity contribution is 7.67. The first-order valence-corrected chi connectivity index (χ1v) is 13.2. The molecule has 33 heavy (non-hydrogen) atoms. The van der Waals surface area contributed by atoms with Gasteiger partial charge in [-0.1, -0.05) is 60.7 Å². The topological polar surface area (TPSA) is 26.8 Å². The zero-order chi connectivity index (χ0) is 22.8. The summed E-state index contributed by atoms with van der Waals surface area (Å²) in [6, 6.07) is 26.6. The third-order valence-corrected chi connectivity index (χ3v) is 10.2. The Morgan fingerprint density at radius 1 is 0.727 bits per heavy atom. The smallest absolute Gasteiger partial charge is 0.284 e. The lowest BCUT2D eigenvalue weighted by atomic mass is 10.1. The molecule has 2 saturated heterocycles. The van der Waals surface area contributed by atoms with Crippen molar-refractivity contribution in [2.75, 3.05) is 35.5 Å². The molecule has 3 aromatic carbocycles. The molecule has 4 nitrogen and oxygen atoms in total. The summed E-state index contributed by atoms with van der Waals surface area (Å²) in [4.78, 5) is 2.32. The van der Waals surface area contributed by atoms with Crippen molar-refractivity contribution in [2.45, 2.75) is 18.6 Å². The van der Waals surface area contributed by atoms with Crippen molar-refractivity contribution in [3.05, 3.63) is 108 Å². The minimum atomic E-state index is -3.23. The molecule has 0 N–H and O–H groups in total. The van der Waals surface area contributed by atoms with Gasteiger partial charge in [0.15, 0.2) is 0 Å². The maximum absolute atomic E-state index is 15.5. The van der Waals surface area contributed by atoms with Crippen LogP contribution in [0.3, 0.4) is 0 Å². The second kappa shape index (κ2) is 9.17. The molecule has 2 aliphatic heterocycles. The maximum Gasteiger partial charge on any atom is 0.284 e. The molecule has 0 radical (unpaired) electrons. The van der Waals surface area contributed by atoms with Crippen LogP contribution in [0.25, 0.3) is 0 Å². The van der Waals surface area contributed by atoms with E-state index >= 15 is 4.57 Å². The first-order valence-electron chi connectivity index (χ1n) is 11.5. The fourth-order valence-corrected chi connectivity index (χ4v) is 8.68. The van der Waals surface area contributed by atoms with Gasteiger partial charge in [-0.3, -0.25) is 9.46 Å². The van der Waals surface area contributed by atoms with Crippen molar-refractivity contribution in [1.82, 2.24) is 4.90 Å². The van der Waals surface area contributed by atoms with E-state index in [1.807, 2.05) is 60.7 Å². The summed E-state index contributed by atoms with van der Waals surface area (Å²) in [7, 11) is -3.23. The van der Waals surface area contributed by atoms with Crippen molar-refractivity contribution < 1.29 is 8.96 Å². The molecular formula is C27H29FN3OP. The molecule has 0 aliphatic carbocycles. The van der Waals surface area contributed by atoms with Gasteiger partial charge in [0.05, 0.1) is 0 Å². The fraction of sp³-hybridized carbons (Fsp3) is 0.259. The summed E-state index contributed by atoms with van der Waals surface area (Å²) in [5.74, 6) is -0.664. The van der Waals surface area contributed by atoms with Crippen LogP contribution in [-0.4, -0.2) is 31.1 Å². The van der Waals surface area contributed by atoms with Crippen LogP contribution in [0, 0.1) is 5.82 Å². The molecule has 0 spiro atoms. The number of rotatable bonds is 5. The molecule has 2 aliphatic rings. The highest BCUT2D eigenvalue weighted by Gasteiger charge is 2.52. The minimum absolute atomic E-state index is 0.283. The summed E-state index contributed by atoms with van der Waals surface area (Å²) in [5, 5.41) is 0. The van der Waals surface area contributed by atoms with Crippen molar-refractivity contribution in [3.63, 3.8) is 0 Å². The number of anilines is 2. The Morgan fingerprint density at radius 3 is 1.70 bits per heavy atom. The molecule has 0 saturated carbocycles. The summed E-state index contributed by atoms with van der Waals surface area (Å²) in [6.07, 6.45) is 1.77. The third-order valence-electron chi connectivity index (χ3n) is 6.66. The van der Waals surface area contributed by atoms with E-state index in [4.69, 9.17) is 0 Å². The van der Waals surface area contributed by atoms with Crippen LogP contribution in [0.4, 0.5) is 15.8 Å². The molecule has 2 heterocycles. The van der Waals surface area contributed by atoms with Crippen LogP contribution >= 0.6 is 7.44 Å². The number of piperidine rings is 1. The monoisotopic (exact) mass is 461 g/mol. The Morgan fingerprint density at radius 2 is 1.21 bits per heavy atom. The number of nitrogens with zero attached hydrogens (tertiary/aromatic N) is 3. The number of para-hydroxylation sites is 2. The summed E-state index contributed by atoms with van der Waals surface area (Å²) >= 11 is 0. The molecular weight excluding hydrogens is 432 g/mol. The second-order valence-electron chi connectivity index (χ2n) is 8.72. The molecule has 1 unspecified atom stereocenters. The van der Waals surface area contributed by atoms with Gasteiger partial charge in [-0.2, -0.15) is 0 Å². The molecule has 1 atom stereocenters. The van der Waals surface area contributed by atoms with Gasteiger partial charge in [0.2, 0.25) is 0 Å². The molecule has 0 amide bonds. The van der Waals surface area contributed by atoms with E-state index in [1.165, 1.54) is 17.7 Å². The average Bonchev–Trinajstić information content (AvgIpc) is 3.20. The van der Waals surface area contributed by atoms with E-state index in [0.717, 1.165) is 42.9 Å². The van der Waals surface area contributed by atoms with Crippen molar-refractivity contribution >= 4 is 18.8 Å². The Kier molecular flexibility index (Phi) is 6.09. The highest BCUT2D eigenvalue weighted by atomic mass is 31.2. The molecule has 0 bridgehead atoms. The summed E-state index contributed by atoms with van der Waals surface area (Å²) in [5.41, 5.74) is 4.02. The number of halogens is 1. The van der Waals surface area contributed by atoms with Crippen LogP contribution < -0.4 is 9.34 Å². The van der Waals surface area contributed by atoms with E-state index in [0.29, 0.717) is 13.1 Å². The highest BCUT2D eigenvalue weighted by Crippen LogP contribution is 2.70. The lowest BCUT2D eigenvalue weighted by Crippen LogP contribution is -2.39. The van der Waals surface area contributed by atoms with E-state index in [9.17, 15) is 4.39 Å². The lowest BCUT2D eigenvalue weighted by Gasteiger charge is -2.44. The molecule has 0 aromatic heterocycles. The second-order valence-corrected chi connectivity index (χ2v) is 11.4. The molecule has 170 valence electrons. The van der Waals surface area contributed by atoms with Gasteiger partial charge in [0.25, 0.3) is 7.44 Å². The van der Waals surface area contributed by atoms with Gasteiger partial charge >= 0.3 is 0 Å². The number of hydrogen-bond donors (Lipinski definition) is 0. The molecule has 6 heteroatoms. The third kappa shape index (κ3) is 4.12. The van der Waals surface area contributed by atoms with Crippen molar-refractivity contribution in [3.8, 4) is 0 Å². The van der Waals surface area contributed by atoms with Crippen LogP contribution in [0.15, 0.2) is 97.1 Å². The predicted molar refractivity (Wildman–Crippen MR) is 134 cm³/mol. The quantitative estimate of drug-likeness (QED) is 0.312. The normalized spacial score (nSPS) is 19.6. The molecule has 2 fully saturated rings. The van der Waals surface area contributed by atoms with Gasteiger partial charge in [-0.25, -0.2) is 4.39 Å². The van der Waals surface area contributed by atoms with Crippen LogP contribution in [0.2, 0.25) is 0 Å². The molecule has 3 aromatic rings. The first kappa shape index (κ1) is 21.9. The first-order chi connectivity index (χ1) is 16.1. The Hall–Kier alpha value is -2.88. The van der Waals surface area contributed by atoms with Crippen molar-refractivity contribution in [1.29, 1.82) is 0 Å². The Labute approximate surface area is 195 Å². The SMILES string of the molecule is C=C1CCN(C(c2ccc(F)cc2)P2(=O)N(c3ccccc3)CCN2c2ccccc2)CC1. The maximum atomic E-state index is 15.5. The van der Waals surface area contributed by atoms with Crippen LogP contribution in [0.1, 0.15) is 24.2 Å². The van der Waals surface area contributed by atoms with E-state index < -0.39 is 7.44 Å². The summed E-state index contributed by atoms with van der Waals surface area (Å²) in [6.45, 7) is 7.06. The average molecular weight is 462 g/mol. The number of benzene rings is 3. The minimum Gasteiger partial charge on any atom is -0.304 e. The van der Waals surface area contributed by atoms with Crippen molar-refractivity contribution in [2.24, 2.45) is 0 Å². The van der Waals surface area contributed by atoms with Crippen LogP contribution in [0.5, 0.6) is 0 Å². The number of hydrogen-bond acceptors (Lipinski definition) is 2. The lowest BCUT2D eigenvalue weighted by molar-refractivity contribution is 0.231. The van der Waals surface area contributed by atoms with Gasteiger partial charge in [-0.05, 0) is 54.8 Å². The summed E-state index contributed by atoms with van der Waals surface area (Å²) < 4.78 is 33.6. The van der Waals surface area contributed by atoms with E-state index in [1.54, 1.807) is 12.1 Å². The largest absolute Gasteiger partial charge is 0.304 e. The van der Waals surface area contributed by atoms with Gasteiger partial charge in [0.1, 0.15) is 11.6 Å². The number of likely N-dealkylation sites (tertiary alicyclic amines) is 1. The van der Waals surface area contributed by atoms with Crippen LogP contribution in [-0.2, 0) is 4.57 Å². The predicted octanol–water partition coefficient (Wildman–Crippen LogP) is 6.70. The van der Waals surface area contributed by atoms with Gasteiger partial charge in [0, 0.05) is 37.6 Å².